The van der Waals surface area contributed by atoms with E-state index in [4.69, 9.17) is 4.74 Å². The minimum Gasteiger partial charge on any atom is -0.492 e. The highest BCUT2D eigenvalue weighted by atomic mass is 32.2. The second-order valence-electron chi connectivity index (χ2n) is 9.68. The molecule has 0 heterocycles. The van der Waals surface area contributed by atoms with Gasteiger partial charge in [0.15, 0.2) is 0 Å². The van der Waals surface area contributed by atoms with Crippen molar-refractivity contribution in [2.75, 3.05) is 17.5 Å². The predicted octanol–water partition coefficient (Wildman–Crippen LogP) is 4.67. The summed E-state index contributed by atoms with van der Waals surface area (Å²) in [7, 11) is -4.26. The highest BCUT2D eigenvalue weighted by Gasteiger charge is 2.34. The number of hydrogen-bond acceptors (Lipinski definition) is 5. The van der Waals surface area contributed by atoms with Gasteiger partial charge in [0.25, 0.3) is 10.0 Å². The molecule has 1 unspecified atom stereocenters. The van der Waals surface area contributed by atoms with Crippen LogP contribution in [0.1, 0.15) is 38.8 Å². The van der Waals surface area contributed by atoms with Crippen LogP contribution in [-0.2, 0) is 26.2 Å². The molecule has 0 aliphatic carbocycles. The highest BCUT2D eigenvalue weighted by Crippen LogP contribution is 2.33. The number of halogens is 1. The van der Waals surface area contributed by atoms with Crippen LogP contribution >= 0.6 is 0 Å². The summed E-state index contributed by atoms with van der Waals surface area (Å²) in [5.41, 5.74) is 1.24. The van der Waals surface area contributed by atoms with E-state index in [1.807, 2.05) is 6.92 Å². The number of sulfonamides is 1. The average Bonchev–Trinajstić information content (AvgIpc) is 2.91. The number of rotatable bonds is 12. The molecule has 0 bridgehead atoms. The van der Waals surface area contributed by atoms with Crippen molar-refractivity contribution in [1.29, 1.82) is 0 Å². The summed E-state index contributed by atoms with van der Waals surface area (Å²) in [5.74, 6) is -1.39. The summed E-state index contributed by atoms with van der Waals surface area (Å²) in [6.07, 6.45) is 0. The smallest absolute Gasteiger partial charge is 0.264 e. The molecule has 0 aliphatic heterocycles. The van der Waals surface area contributed by atoms with Gasteiger partial charge in [0.2, 0.25) is 11.8 Å². The normalized spacial score (nSPS) is 12.1. The summed E-state index contributed by atoms with van der Waals surface area (Å²) in [4.78, 5) is 28.1. The van der Waals surface area contributed by atoms with Gasteiger partial charge in [-0.3, -0.25) is 13.9 Å². The van der Waals surface area contributed by atoms with Gasteiger partial charge in [-0.05, 0) is 65.0 Å². The number of carbonyl (C=O) groups excluding carboxylic acids is 2. The summed E-state index contributed by atoms with van der Waals surface area (Å²) in [6, 6.07) is 17.6. The van der Waals surface area contributed by atoms with Crippen molar-refractivity contribution in [3.05, 3.63) is 89.7 Å². The van der Waals surface area contributed by atoms with Crippen molar-refractivity contribution in [2.24, 2.45) is 0 Å². The Balaban J connectivity index is 2.09. The van der Waals surface area contributed by atoms with E-state index in [2.05, 4.69) is 5.32 Å². The minimum atomic E-state index is -4.26. The fraction of sp³-hybridized carbons (Fsp3) is 0.333. The van der Waals surface area contributed by atoms with E-state index in [1.54, 1.807) is 63.2 Å². The summed E-state index contributed by atoms with van der Waals surface area (Å²) < 4.78 is 49.3. The fourth-order valence-corrected chi connectivity index (χ4v) is 5.51. The van der Waals surface area contributed by atoms with Crippen LogP contribution in [0, 0.1) is 12.7 Å². The van der Waals surface area contributed by atoms with Gasteiger partial charge in [-0.25, -0.2) is 12.8 Å². The molecule has 40 heavy (non-hydrogen) atoms. The average molecular weight is 570 g/mol. The molecule has 0 aromatic heterocycles. The molecule has 2 amide bonds. The zero-order valence-electron chi connectivity index (χ0n) is 23.4. The Morgan fingerprint density at radius 1 is 0.950 bits per heavy atom. The third-order valence-corrected chi connectivity index (χ3v) is 7.99. The number of anilines is 1. The van der Waals surface area contributed by atoms with Crippen molar-refractivity contribution in [2.45, 2.75) is 58.1 Å². The van der Waals surface area contributed by atoms with Gasteiger partial charge in [0.05, 0.1) is 17.2 Å². The lowest BCUT2D eigenvalue weighted by molar-refractivity contribution is -0.139. The maximum Gasteiger partial charge on any atom is 0.264 e. The standard InChI is InChI=1S/C30H36FN3O5S/c1-6-39-28-14-10-9-13-27(28)34(40(37,38)25-17-15-22(4)16-18-25)20-29(35)33(23(5)30(36)32-21(2)3)19-24-11-7-8-12-26(24)31/h7-18,21,23H,6,19-20H2,1-5H3,(H,32,36). The first-order chi connectivity index (χ1) is 18.9. The van der Waals surface area contributed by atoms with E-state index >= 15 is 0 Å². The number of nitrogens with one attached hydrogen (secondary N) is 1. The lowest BCUT2D eigenvalue weighted by Crippen LogP contribution is -2.52. The van der Waals surface area contributed by atoms with Gasteiger partial charge in [-0.1, -0.05) is 48.0 Å². The lowest BCUT2D eigenvalue weighted by Gasteiger charge is -2.32. The van der Waals surface area contributed by atoms with Crippen LogP contribution in [0.3, 0.4) is 0 Å². The minimum absolute atomic E-state index is 0.0107. The third kappa shape index (κ3) is 7.38. The van der Waals surface area contributed by atoms with Crippen molar-refractivity contribution in [3.8, 4) is 5.75 Å². The Labute approximate surface area is 235 Å². The van der Waals surface area contributed by atoms with Crippen LogP contribution in [0.25, 0.3) is 0 Å². The Bertz CT molecular complexity index is 1430. The topological polar surface area (TPSA) is 96.0 Å². The van der Waals surface area contributed by atoms with Crippen LogP contribution in [0.5, 0.6) is 5.75 Å². The van der Waals surface area contributed by atoms with Crippen LogP contribution < -0.4 is 14.4 Å². The van der Waals surface area contributed by atoms with Gasteiger partial charge < -0.3 is 15.0 Å². The van der Waals surface area contributed by atoms with Crippen LogP contribution in [0.2, 0.25) is 0 Å². The summed E-state index contributed by atoms with van der Waals surface area (Å²) >= 11 is 0. The van der Waals surface area contributed by atoms with Crippen molar-refractivity contribution < 1.29 is 27.1 Å². The van der Waals surface area contributed by atoms with Crippen molar-refractivity contribution in [1.82, 2.24) is 10.2 Å². The van der Waals surface area contributed by atoms with Crippen LogP contribution in [0.15, 0.2) is 77.7 Å². The van der Waals surface area contributed by atoms with Gasteiger partial charge >= 0.3 is 0 Å². The number of amides is 2. The van der Waals surface area contributed by atoms with Crippen molar-refractivity contribution >= 4 is 27.5 Å². The number of carbonyl (C=O) groups is 2. The molecule has 0 saturated heterocycles. The first-order valence-corrected chi connectivity index (χ1v) is 14.5. The molecule has 0 saturated carbocycles. The zero-order chi connectivity index (χ0) is 29.4. The SMILES string of the molecule is CCOc1ccccc1N(CC(=O)N(Cc1ccccc1F)C(C)C(=O)NC(C)C)S(=O)(=O)c1ccc(C)cc1. The first kappa shape index (κ1) is 30.6. The van der Waals surface area contributed by atoms with Gasteiger partial charge in [0, 0.05) is 18.2 Å². The molecule has 1 N–H and O–H groups in total. The van der Waals surface area contributed by atoms with Gasteiger partial charge in [-0.2, -0.15) is 0 Å². The Morgan fingerprint density at radius 3 is 2.20 bits per heavy atom. The van der Waals surface area contributed by atoms with E-state index in [-0.39, 0.29) is 41.1 Å². The quantitative estimate of drug-likeness (QED) is 0.342. The Morgan fingerprint density at radius 2 is 1.57 bits per heavy atom. The summed E-state index contributed by atoms with van der Waals surface area (Å²) in [5, 5.41) is 2.77. The van der Waals surface area contributed by atoms with Crippen LogP contribution in [0.4, 0.5) is 10.1 Å². The molecule has 1 atom stereocenters. The first-order valence-electron chi connectivity index (χ1n) is 13.1. The highest BCUT2D eigenvalue weighted by molar-refractivity contribution is 7.92. The number of aryl methyl sites for hydroxylation is 1. The second kappa shape index (κ2) is 13.4. The van der Waals surface area contributed by atoms with Crippen molar-refractivity contribution in [3.63, 3.8) is 0 Å². The maximum atomic E-state index is 14.6. The van der Waals surface area contributed by atoms with Crippen LogP contribution in [-0.4, -0.2) is 50.4 Å². The molecule has 214 valence electrons. The second-order valence-corrected chi connectivity index (χ2v) is 11.5. The molecule has 0 radical (unpaired) electrons. The molecular formula is C30H36FN3O5S. The summed E-state index contributed by atoms with van der Waals surface area (Å²) in [6.45, 7) is 8.11. The van der Waals surface area contributed by atoms with Gasteiger partial charge in [-0.15, -0.1) is 0 Å². The number of para-hydroxylation sites is 2. The molecule has 3 aromatic rings. The van der Waals surface area contributed by atoms with Gasteiger partial charge in [0.1, 0.15) is 24.2 Å². The number of nitrogens with zero attached hydrogens (tertiary/aromatic N) is 2. The molecule has 10 heteroatoms. The van der Waals surface area contributed by atoms with E-state index in [9.17, 15) is 22.4 Å². The lowest BCUT2D eigenvalue weighted by atomic mass is 10.1. The Hall–Kier alpha value is -3.92. The molecule has 0 spiro atoms. The fourth-order valence-electron chi connectivity index (χ4n) is 4.09. The van der Waals surface area contributed by atoms with E-state index < -0.39 is 40.2 Å². The molecule has 3 aromatic carbocycles. The number of ether oxygens (including phenoxy) is 1. The predicted molar refractivity (Wildman–Crippen MR) is 153 cm³/mol. The van der Waals surface area contributed by atoms with E-state index in [0.717, 1.165) is 9.87 Å². The number of benzene rings is 3. The molecule has 8 nitrogen and oxygen atoms in total. The molecule has 0 fully saturated rings. The molecule has 3 rings (SSSR count). The number of hydrogen-bond donors (Lipinski definition) is 1. The third-order valence-electron chi connectivity index (χ3n) is 6.22. The molecular weight excluding hydrogens is 533 g/mol. The molecule has 0 aliphatic rings. The zero-order valence-corrected chi connectivity index (χ0v) is 24.2. The van der Waals surface area contributed by atoms with E-state index in [1.165, 1.54) is 42.2 Å². The maximum absolute atomic E-state index is 14.6. The van der Waals surface area contributed by atoms with E-state index in [0.29, 0.717) is 0 Å². The monoisotopic (exact) mass is 569 g/mol. The Kier molecular flexibility index (Phi) is 10.3. The largest absolute Gasteiger partial charge is 0.492 e.